The standard InChI is InChI=1S/C27H31N3O4S/c1-21-7-11-23(12-8-21)30(35(32,33)24-13-9-22(2)10-14-24)16-15-27(31)28-25-5-3-4-6-26(25)29-17-19-34-20-18-29/h3-14H,15-20H2,1-2H3,(H,28,31). The maximum absolute atomic E-state index is 13.5. The molecule has 0 radical (unpaired) electrons. The van der Waals surface area contributed by atoms with Crippen LogP contribution in [0.1, 0.15) is 17.5 Å². The van der Waals surface area contributed by atoms with Crippen LogP contribution in [0.2, 0.25) is 0 Å². The SMILES string of the molecule is Cc1ccc(N(CCC(=O)Nc2ccccc2N2CCOCC2)S(=O)(=O)c2ccc(C)cc2)cc1. The summed E-state index contributed by atoms with van der Waals surface area (Å²) in [5, 5.41) is 2.98. The van der Waals surface area contributed by atoms with E-state index < -0.39 is 10.0 Å². The number of rotatable bonds is 8. The Hall–Kier alpha value is -3.36. The lowest BCUT2D eigenvalue weighted by atomic mass is 10.2. The third kappa shape index (κ3) is 6.01. The summed E-state index contributed by atoms with van der Waals surface area (Å²) in [5.41, 5.74) is 4.18. The highest BCUT2D eigenvalue weighted by molar-refractivity contribution is 7.92. The summed E-state index contributed by atoms with van der Waals surface area (Å²) < 4.78 is 33.8. The van der Waals surface area contributed by atoms with Crippen molar-refractivity contribution in [3.05, 3.63) is 83.9 Å². The van der Waals surface area contributed by atoms with Gasteiger partial charge in [0.05, 0.1) is 35.2 Å². The van der Waals surface area contributed by atoms with Crippen molar-refractivity contribution < 1.29 is 17.9 Å². The number of carbonyl (C=O) groups is 1. The fourth-order valence-corrected chi connectivity index (χ4v) is 5.48. The molecule has 1 aliphatic rings. The highest BCUT2D eigenvalue weighted by Crippen LogP contribution is 2.28. The van der Waals surface area contributed by atoms with Crippen LogP contribution in [-0.4, -0.2) is 47.2 Å². The van der Waals surface area contributed by atoms with E-state index in [-0.39, 0.29) is 23.8 Å². The van der Waals surface area contributed by atoms with Gasteiger partial charge in [0.25, 0.3) is 10.0 Å². The van der Waals surface area contributed by atoms with Gasteiger partial charge in [-0.1, -0.05) is 47.5 Å². The van der Waals surface area contributed by atoms with Crippen molar-refractivity contribution in [2.45, 2.75) is 25.2 Å². The number of nitrogens with one attached hydrogen (secondary N) is 1. The fraction of sp³-hybridized carbons (Fsp3) is 0.296. The molecule has 1 saturated heterocycles. The summed E-state index contributed by atoms with van der Waals surface area (Å²) in [6.07, 6.45) is 0.0103. The lowest BCUT2D eigenvalue weighted by Crippen LogP contribution is -2.37. The van der Waals surface area contributed by atoms with E-state index in [1.165, 1.54) is 4.31 Å². The first-order valence-corrected chi connectivity index (χ1v) is 13.2. The summed E-state index contributed by atoms with van der Waals surface area (Å²) in [5.74, 6) is -0.248. The molecular formula is C27H31N3O4S. The van der Waals surface area contributed by atoms with Gasteiger partial charge in [-0.3, -0.25) is 9.10 Å². The van der Waals surface area contributed by atoms with Crippen molar-refractivity contribution in [2.24, 2.45) is 0 Å². The van der Waals surface area contributed by atoms with Gasteiger partial charge >= 0.3 is 0 Å². The van der Waals surface area contributed by atoms with Crippen molar-refractivity contribution in [2.75, 3.05) is 47.4 Å². The number of sulfonamides is 1. The third-order valence-electron chi connectivity index (χ3n) is 6.00. The normalized spacial score (nSPS) is 13.9. The van der Waals surface area contributed by atoms with Gasteiger partial charge in [-0.2, -0.15) is 0 Å². The number of morpholine rings is 1. The van der Waals surface area contributed by atoms with Crippen LogP contribution in [0.25, 0.3) is 0 Å². The van der Waals surface area contributed by atoms with Crippen LogP contribution in [0, 0.1) is 13.8 Å². The zero-order valence-electron chi connectivity index (χ0n) is 20.1. The van der Waals surface area contributed by atoms with E-state index in [4.69, 9.17) is 4.74 Å². The minimum Gasteiger partial charge on any atom is -0.378 e. The summed E-state index contributed by atoms with van der Waals surface area (Å²) in [6, 6.07) is 21.7. The molecule has 0 bridgehead atoms. The monoisotopic (exact) mass is 493 g/mol. The van der Waals surface area contributed by atoms with Crippen LogP contribution >= 0.6 is 0 Å². The number of anilines is 3. The largest absolute Gasteiger partial charge is 0.378 e. The number of nitrogens with zero attached hydrogens (tertiary/aromatic N) is 2. The molecule has 0 saturated carbocycles. The Morgan fingerprint density at radius 2 is 1.51 bits per heavy atom. The molecule has 0 aromatic heterocycles. The summed E-state index contributed by atoms with van der Waals surface area (Å²) in [7, 11) is -3.85. The second kappa shape index (κ2) is 10.9. The van der Waals surface area contributed by atoms with Crippen LogP contribution < -0.4 is 14.5 Å². The first-order chi connectivity index (χ1) is 16.8. The summed E-state index contributed by atoms with van der Waals surface area (Å²) >= 11 is 0. The van der Waals surface area contributed by atoms with E-state index in [9.17, 15) is 13.2 Å². The zero-order chi connectivity index (χ0) is 24.8. The second-order valence-corrected chi connectivity index (χ2v) is 10.5. The summed E-state index contributed by atoms with van der Waals surface area (Å²) in [4.78, 5) is 15.3. The molecule has 1 N–H and O–H groups in total. The molecule has 0 atom stereocenters. The maximum atomic E-state index is 13.5. The lowest BCUT2D eigenvalue weighted by molar-refractivity contribution is -0.116. The molecule has 0 unspecified atom stereocenters. The number of para-hydroxylation sites is 2. The highest BCUT2D eigenvalue weighted by Gasteiger charge is 2.26. The Bertz CT molecular complexity index is 1250. The van der Waals surface area contributed by atoms with Crippen LogP contribution in [0.15, 0.2) is 77.7 Å². The van der Waals surface area contributed by atoms with Gasteiger partial charge in [0, 0.05) is 26.1 Å². The number of carbonyl (C=O) groups excluding carboxylic acids is 1. The first-order valence-electron chi connectivity index (χ1n) is 11.7. The van der Waals surface area contributed by atoms with E-state index in [0.29, 0.717) is 24.6 Å². The number of ether oxygens (including phenoxy) is 1. The molecule has 1 amide bonds. The Kier molecular flexibility index (Phi) is 7.73. The van der Waals surface area contributed by atoms with Gasteiger partial charge in [0.2, 0.25) is 5.91 Å². The van der Waals surface area contributed by atoms with Gasteiger partial charge < -0.3 is 15.0 Å². The van der Waals surface area contributed by atoms with Crippen molar-refractivity contribution >= 4 is 33.0 Å². The predicted molar refractivity (Wildman–Crippen MR) is 140 cm³/mol. The van der Waals surface area contributed by atoms with Gasteiger partial charge in [-0.25, -0.2) is 8.42 Å². The number of benzene rings is 3. The fourth-order valence-electron chi connectivity index (χ4n) is 4.01. The van der Waals surface area contributed by atoms with Crippen molar-refractivity contribution in [3.8, 4) is 0 Å². The average Bonchev–Trinajstić information content (AvgIpc) is 2.86. The molecule has 1 heterocycles. The van der Waals surface area contributed by atoms with Crippen molar-refractivity contribution in [3.63, 3.8) is 0 Å². The van der Waals surface area contributed by atoms with Gasteiger partial charge in [-0.05, 0) is 50.2 Å². The molecule has 0 spiro atoms. The lowest BCUT2D eigenvalue weighted by Gasteiger charge is -2.30. The van der Waals surface area contributed by atoms with Crippen LogP contribution in [0.5, 0.6) is 0 Å². The smallest absolute Gasteiger partial charge is 0.264 e. The minimum atomic E-state index is -3.85. The molecule has 4 rings (SSSR count). The Balaban J connectivity index is 1.53. The van der Waals surface area contributed by atoms with Crippen LogP contribution in [-0.2, 0) is 19.6 Å². The van der Waals surface area contributed by atoms with Gasteiger partial charge in [-0.15, -0.1) is 0 Å². The topological polar surface area (TPSA) is 79.0 Å². The van der Waals surface area contributed by atoms with E-state index in [1.807, 2.05) is 50.2 Å². The predicted octanol–water partition coefficient (Wildman–Crippen LogP) is 4.36. The molecule has 3 aromatic rings. The highest BCUT2D eigenvalue weighted by atomic mass is 32.2. The first kappa shape index (κ1) is 24.8. The molecule has 7 nitrogen and oxygen atoms in total. The molecule has 8 heteroatoms. The van der Waals surface area contributed by atoms with Crippen LogP contribution in [0.3, 0.4) is 0 Å². The minimum absolute atomic E-state index is 0.0103. The van der Waals surface area contributed by atoms with Crippen LogP contribution in [0.4, 0.5) is 17.1 Å². The Morgan fingerprint density at radius 1 is 0.914 bits per heavy atom. The maximum Gasteiger partial charge on any atom is 0.264 e. The molecule has 1 aliphatic heterocycles. The van der Waals surface area contributed by atoms with E-state index >= 15 is 0 Å². The van der Waals surface area contributed by atoms with Crippen molar-refractivity contribution in [1.82, 2.24) is 0 Å². The number of hydrogen-bond acceptors (Lipinski definition) is 5. The average molecular weight is 494 g/mol. The molecule has 0 aliphatic carbocycles. The molecule has 184 valence electrons. The zero-order valence-corrected chi connectivity index (χ0v) is 20.9. The number of hydrogen-bond donors (Lipinski definition) is 1. The van der Waals surface area contributed by atoms with E-state index in [1.54, 1.807) is 36.4 Å². The quantitative estimate of drug-likeness (QED) is 0.504. The molecule has 3 aromatic carbocycles. The summed E-state index contributed by atoms with van der Waals surface area (Å²) in [6.45, 7) is 6.67. The number of amides is 1. The third-order valence-corrected chi connectivity index (χ3v) is 7.84. The van der Waals surface area contributed by atoms with Gasteiger partial charge in [0.1, 0.15) is 0 Å². The molecular weight excluding hydrogens is 462 g/mol. The Morgan fingerprint density at radius 3 is 2.17 bits per heavy atom. The van der Waals surface area contributed by atoms with E-state index in [0.717, 1.165) is 29.9 Å². The van der Waals surface area contributed by atoms with Gasteiger partial charge in [0.15, 0.2) is 0 Å². The van der Waals surface area contributed by atoms with E-state index in [2.05, 4.69) is 10.2 Å². The Labute approximate surface area is 207 Å². The number of aryl methyl sites for hydroxylation is 2. The molecule has 1 fully saturated rings. The second-order valence-electron chi connectivity index (χ2n) is 8.64. The molecule has 35 heavy (non-hydrogen) atoms. The van der Waals surface area contributed by atoms with Crippen molar-refractivity contribution in [1.29, 1.82) is 0 Å².